The van der Waals surface area contributed by atoms with Gasteiger partial charge in [-0.15, -0.1) is 0 Å². The minimum absolute atomic E-state index is 0.227. The fourth-order valence-electron chi connectivity index (χ4n) is 1.90. The summed E-state index contributed by atoms with van der Waals surface area (Å²) < 4.78 is 4.88. The number of nitrogens with zero attached hydrogens (tertiary/aromatic N) is 1. The maximum absolute atomic E-state index is 11.9. The summed E-state index contributed by atoms with van der Waals surface area (Å²) in [4.78, 5) is 23.0. The van der Waals surface area contributed by atoms with Gasteiger partial charge in [0.1, 0.15) is 12.1 Å². The van der Waals surface area contributed by atoms with Crippen molar-refractivity contribution in [2.45, 2.75) is 18.9 Å². The second-order valence-electron chi connectivity index (χ2n) is 4.71. The number of para-hydroxylation sites is 1. The molecule has 0 unspecified atom stereocenters. The highest BCUT2D eigenvalue weighted by Gasteiger charge is 2.18. The molecule has 0 saturated carbocycles. The van der Waals surface area contributed by atoms with Crippen molar-refractivity contribution < 1.29 is 24.7 Å². The summed E-state index contributed by atoms with van der Waals surface area (Å²) in [5, 5.41) is 24.1. The zero-order valence-corrected chi connectivity index (χ0v) is 12.4. The van der Waals surface area contributed by atoms with Crippen LogP contribution in [0.2, 0.25) is 0 Å². The molecule has 7 heteroatoms. The van der Waals surface area contributed by atoms with Gasteiger partial charge in [-0.2, -0.15) is 5.26 Å². The second kappa shape index (κ2) is 9.50. The van der Waals surface area contributed by atoms with Crippen LogP contribution < -0.4 is 15.7 Å². The standard InChI is InChI=1S/C15H19N3O4/c1-22-8-4-7-17-13(15(20)21)9-14(19)18-12-6-3-2-5-11(12)10-16/h2-3,5-6,13,17H,4,7-9H2,1H3,(H,18,19)(H,20,21)/t13-/m1/s1. The van der Waals surface area contributed by atoms with Gasteiger partial charge in [0.05, 0.1) is 36.8 Å². The molecule has 0 heterocycles. The van der Waals surface area contributed by atoms with Crippen molar-refractivity contribution in [2.75, 3.05) is 25.6 Å². The molecule has 1 amide bonds. The zero-order chi connectivity index (χ0) is 16.4. The molecule has 118 valence electrons. The number of carbonyl (C=O) groups excluding carboxylic acids is 2. The predicted molar refractivity (Wildman–Crippen MR) is 76.5 cm³/mol. The van der Waals surface area contributed by atoms with Gasteiger partial charge in [0.2, 0.25) is 5.91 Å². The van der Waals surface area contributed by atoms with E-state index in [1.165, 1.54) is 0 Å². The lowest BCUT2D eigenvalue weighted by molar-refractivity contribution is -0.682. The van der Waals surface area contributed by atoms with E-state index in [0.29, 0.717) is 30.8 Å². The van der Waals surface area contributed by atoms with Gasteiger partial charge in [-0.1, -0.05) is 12.1 Å². The lowest BCUT2D eigenvalue weighted by Gasteiger charge is -2.16. The number of rotatable bonds is 9. The molecule has 0 saturated heterocycles. The van der Waals surface area contributed by atoms with Gasteiger partial charge in [-0.05, 0) is 12.1 Å². The molecule has 0 bridgehead atoms. The Morgan fingerprint density at radius 3 is 2.82 bits per heavy atom. The van der Waals surface area contributed by atoms with Crippen molar-refractivity contribution in [3.63, 3.8) is 0 Å². The Morgan fingerprint density at radius 1 is 1.45 bits per heavy atom. The molecule has 3 N–H and O–H groups in total. The minimum atomic E-state index is -1.29. The quantitative estimate of drug-likeness (QED) is 0.544. The van der Waals surface area contributed by atoms with E-state index in [0.717, 1.165) is 0 Å². The maximum atomic E-state index is 11.9. The second-order valence-corrected chi connectivity index (χ2v) is 4.71. The molecule has 1 atom stereocenters. The third-order valence-electron chi connectivity index (χ3n) is 3.03. The molecule has 1 aromatic carbocycles. The Balaban J connectivity index is 2.56. The van der Waals surface area contributed by atoms with Gasteiger partial charge in [0.15, 0.2) is 0 Å². The van der Waals surface area contributed by atoms with Crippen LogP contribution in [0, 0.1) is 11.3 Å². The number of nitrogens with one attached hydrogen (secondary N) is 1. The van der Waals surface area contributed by atoms with Crippen LogP contribution >= 0.6 is 0 Å². The van der Waals surface area contributed by atoms with Crippen molar-refractivity contribution in [3.05, 3.63) is 29.8 Å². The molecule has 1 aromatic rings. The Labute approximate surface area is 128 Å². The van der Waals surface area contributed by atoms with Gasteiger partial charge < -0.3 is 25.3 Å². The summed E-state index contributed by atoms with van der Waals surface area (Å²) in [6.07, 6.45) is 0.453. The lowest BCUT2D eigenvalue weighted by atomic mass is 10.1. The van der Waals surface area contributed by atoms with E-state index >= 15 is 0 Å². The van der Waals surface area contributed by atoms with Crippen molar-refractivity contribution in [1.29, 1.82) is 5.26 Å². The molecule has 7 nitrogen and oxygen atoms in total. The first-order valence-corrected chi connectivity index (χ1v) is 6.90. The van der Waals surface area contributed by atoms with E-state index in [-0.39, 0.29) is 6.42 Å². The molecule has 0 fully saturated rings. The lowest BCUT2D eigenvalue weighted by Crippen LogP contribution is -2.93. The number of anilines is 1. The first-order chi connectivity index (χ1) is 10.6. The smallest absolute Gasteiger partial charge is 0.230 e. The van der Waals surface area contributed by atoms with Crippen LogP contribution in [0.15, 0.2) is 24.3 Å². The Bertz CT molecular complexity index is 554. The fourth-order valence-corrected chi connectivity index (χ4v) is 1.90. The average molecular weight is 305 g/mol. The van der Waals surface area contributed by atoms with Gasteiger partial charge in [0, 0.05) is 13.5 Å². The van der Waals surface area contributed by atoms with Crippen molar-refractivity contribution in [3.8, 4) is 6.07 Å². The van der Waals surface area contributed by atoms with Gasteiger partial charge in [-0.25, -0.2) is 0 Å². The number of amides is 1. The van der Waals surface area contributed by atoms with Crippen LogP contribution in [-0.4, -0.2) is 38.2 Å². The molecule has 0 radical (unpaired) electrons. The van der Waals surface area contributed by atoms with E-state index < -0.39 is 17.9 Å². The average Bonchev–Trinajstić information content (AvgIpc) is 2.50. The Kier molecular flexibility index (Phi) is 7.61. The number of benzene rings is 1. The summed E-state index contributed by atoms with van der Waals surface area (Å²) in [5.74, 6) is -1.76. The molecule has 0 aromatic heterocycles. The number of ether oxygens (including phenoxy) is 1. The number of hydrogen-bond donors (Lipinski definition) is 2. The van der Waals surface area contributed by atoms with Crippen LogP contribution in [0.1, 0.15) is 18.4 Å². The number of aliphatic carboxylic acids is 1. The number of nitriles is 1. The minimum Gasteiger partial charge on any atom is -0.544 e. The number of carbonyl (C=O) groups is 2. The Morgan fingerprint density at radius 2 is 2.18 bits per heavy atom. The number of quaternary nitrogens is 1. The van der Waals surface area contributed by atoms with E-state index in [9.17, 15) is 14.7 Å². The first-order valence-electron chi connectivity index (χ1n) is 6.90. The van der Waals surface area contributed by atoms with Crippen LogP contribution in [0.25, 0.3) is 0 Å². The maximum Gasteiger partial charge on any atom is 0.230 e. The molecular weight excluding hydrogens is 286 g/mol. The highest BCUT2D eigenvalue weighted by atomic mass is 16.5. The van der Waals surface area contributed by atoms with Gasteiger partial charge in [0.25, 0.3) is 0 Å². The van der Waals surface area contributed by atoms with Gasteiger partial charge >= 0.3 is 0 Å². The van der Waals surface area contributed by atoms with Crippen molar-refractivity contribution in [2.24, 2.45) is 0 Å². The predicted octanol–water partition coefficient (Wildman–Crippen LogP) is -1.39. The zero-order valence-electron chi connectivity index (χ0n) is 12.4. The largest absolute Gasteiger partial charge is 0.544 e. The number of methoxy groups -OCH3 is 1. The summed E-state index contributed by atoms with van der Waals surface area (Å²) in [6.45, 7) is 1.05. The monoisotopic (exact) mass is 305 g/mol. The van der Waals surface area contributed by atoms with Crippen LogP contribution in [-0.2, 0) is 14.3 Å². The van der Waals surface area contributed by atoms with Crippen LogP contribution in [0.4, 0.5) is 5.69 Å². The summed E-state index contributed by atoms with van der Waals surface area (Å²) in [5.41, 5.74) is 0.691. The first kappa shape index (κ1) is 17.6. The van der Waals surface area contributed by atoms with E-state index in [2.05, 4.69) is 5.32 Å². The number of carboxylic acid groups (broad SMARTS) is 1. The summed E-state index contributed by atoms with van der Waals surface area (Å²) >= 11 is 0. The summed E-state index contributed by atoms with van der Waals surface area (Å²) in [7, 11) is 1.57. The third-order valence-corrected chi connectivity index (χ3v) is 3.03. The SMILES string of the molecule is COCCC[NH2+][C@H](CC(=O)Nc1ccccc1C#N)C(=O)[O-]. The number of hydrogen-bond acceptors (Lipinski definition) is 5. The molecule has 0 spiro atoms. The molecule has 0 aliphatic rings. The van der Waals surface area contributed by atoms with Crippen molar-refractivity contribution >= 4 is 17.6 Å². The third kappa shape index (κ3) is 5.91. The molecule has 0 aliphatic carbocycles. The van der Waals surface area contributed by atoms with Crippen LogP contribution in [0.5, 0.6) is 0 Å². The summed E-state index contributed by atoms with van der Waals surface area (Å²) in [6, 6.07) is 7.52. The molecular formula is C15H19N3O4. The topological polar surface area (TPSA) is 119 Å². The fraction of sp³-hybridized carbons (Fsp3) is 0.400. The van der Waals surface area contributed by atoms with E-state index in [4.69, 9.17) is 10.00 Å². The van der Waals surface area contributed by atoms with Crippen LogP contribution in [0.3, 0.4) is 0 Å². The van der Waals surface area contributed by atoms with Crippen molar-refractivity contribution in [1.82, 2.24) is 0 Å². The molecule has 1 rings (SSSR count). The highest BCUT2D eigenvalue weighted by Crippen LogP contribution is 2.13. The van der Waals surface area contributed by atoms with Gasteiger partial charge in [-0.3, -0.25) is 4.79 Å². The normalized spacial score (nSPS) is 11.5. The van der Waals surface area contributed by atoms with E-state index in [1.54, 1.807) is 36.7 Å². The number of nitrogens with two attached hydrogens (primary N) is 1. The molecule has 22 heavy (non-hydrogen) atoms. The van der Waals surface area contributed by atoms with E-state index in [1.807, 2.05) is 6.07 Å². The molecule has 0 aliphatic heterocycles. The Hall–Kier alpha value is -2.43. The highest BCUT2D eigenvalue weighted by molar-refractivity contribution is 5.94. The number of carboxylic acids is 1.